The molecule has 0 heterocycles. The average Bonchev–Trinajstić information content (AvgIpc) is 2.35. The van der Waals surface area contributed by atoms with Crippen LogP contribution >= 0.6 is 0 Å². The van der Waals surface area contributed by atoms with Gasteiger partial charge in [0.05, 0.1) is 11.7 Å². The minimum absolute atomic E-state index is 0.0115. The van der Waals surface area contributed by atoms with Crippen LogP contribution in [0.3, 0.4) is 0 Å². The van der Waals surface area contributed by atoms with Crippen LogP contribution in [0.1, 0.15) is 60.3 Å². The molecule has 0 amide bonds. The van der Waals surface area contributed by atoms with Crippen LogP contribution in [0, 0.1) is 11.3 Å². The Morgan fingerprint density at radius 3 is 2.62 bits per heavy atom. The molecule has 21 heavy (non-hydrogen) atoms. The summed E-state index contributed by atoms with van der Waals surface area (Å²) in [6.07, 6.45) is 5.18. The number of rotatable bonds is 7. The molecule has 0 bridgehead atoms. The fraction of sp³-hybridized carbons (Fsp3) is 0.941. The zero-order valence-corrected chi connectivity index (χ0v) is 14.5. The van der Waals surface area contributed by atoms with Crippen LogP contribution in [0.5, 0.6) is 0 Å². The van der Waals surface area contributed by atoms with E-state index in [1.807, 2.05) is 13.8 Å². The third-order valence-electron chi connectivity index (χ3n) is 4.25. The number of hydrogen-bond donors (Lipinski definition) is 0. The summed E-state index contributed by atoms with van der Waals surface area (Å²) in [5.74, 6) is 0.239. The van der Waals surface area contributed by atoms with Gasteiger partial charge < -0.3 is 14.2 Å². The lowest BCUT2D eigenvalue weighted by Crippen LogP contribution is -2.40. The number of carbonyl (C=O) groups excluding carboxylic acids is 1. The maximum absolute atomic E-state index is 11.4. The third-order valence-corrected chi connectivity index (χ3v) is 4.25. The third kappa shape index (κ3) is 6.79. The number of methoxy groups -OCH3 is 1. The van der Waals surface area contributed by atoms with E-state index in [9.17, 15) is 4.79 Å². The lowest BCUT2D eigenvalue weighted by Gasteiger charge is -2.40. The fourth-order valence-corrected chi connectivity index (χ4v) is 3.20. The molecule has 124 valence electrons. The molecular weight excluding hydrogens is 268 g/mol. The SMILES string of the molecule is COCC(=O)OCC(C)(C)OC(C)C1CCCC(C)(C)C1. The summed E-state index contributed by atoms with van der Waals surface area (Å²) in [6.45, 7) is 11.0. The monoisotopic (exact) mass is 300 g/mol. The summed E-state index contributed by atoms with van der Waals surface area (Å²) in [4.78, 5) is 11.4. The number of hydrogen-bond acceptors (Lipinski definition) is 4. The maximum atomic E-state index is 11.4. The molecule has 0 aromatic carbocycles. The van der Waals surface area contributed by atoms with Gasteiger partial charge in [0.1, 0.15) is 13.2 Å². The summed E-state index contributed by atoms with van der Waals surface area (Å²) >= 11 is 0. The highest BCUT2D eigenvalue weighted by Crippen LogP contribution is 2.41. The van der Waals surface area contributed by atoms with Crippen LogP contribution in [-0.4, -0.2) is 38.0 Å². The number of carbonyl (C=O) groups is 1. The van der Waals surface area contributed by atoms with Gasteiger partial charge in [-0.25, -0.2) is 4.79 Å². The Balaban J connectivity index is 2.44. The van der Waals surface area contributed by atoms with Crippen LogP contribution in [0.25, 0.3) is 0 Å². The van der Waals surface area contributed by atoms with Gasteiger partial charge in [-0.15, -0.1) is 0 Å². The van der Waals surface area contributed by atoms with Gasteiger partial charge >= 0.3 is 5.97 Å². The van der Waals surface area contributed by atoms with Crippen LogP contribution in [0.2, 0.25) is 0 Å². The molecule has 0 saturated heterocycles. The minimum Gasteiger partial charge on any atom is -0.461 e. The van der Waals surface area contributed by atoms with Gasteiger partial charge in [-0.3, -0.25) is 0 Å². The Labute approximate surface area is 129 Å². The van der Waals surface area contributed by atoms with E-state index in [2.05, 4.69) is 20.8 Å². The molecule has 0 aromatic heterocycles. The Morgan fingerprint density at radius 2 is 2.05 bits per heavy atom. The molecule has 0 aliphatic heterocycles. The minimum atomic E-state index is -0.468. The van der Waals surface area contributed by atoms with Gasteiger partial charge in [-0.05, 0) is 51.4 Å². The van der Waals surface area contributed by atoms with Gasteiger partial charge in [0, 0.05) is 7.11 Å². The molecular formula is C17H32O4. The van der Waals surface area contributed by atoms with E-state index >= 15 is 0 Å². The van der Waals surface area contributed by atoms with Crippen LogP contribution in [0.4, 0.5) is 0 Å². The summed E-state index contributed by atoms with van der Waals surface area (Å²) in [7, 11) is 1.48. The predicted octanol–water partition coefficient (Wildman–Crippen LogP) is 3.58. The van der Waals surface area contributed by atoms with Crippen LogP contribution in [-0.2, 0) is 19.0 Å². The second-order valence-electron chi connectivity index (χ2n) is 7.70. The van der Waals surface area contributed by atoms with E-state index in [-0.39, 0.29) is 25.3 Å². The molecule has 1 fully saturated rings. The summed E-state index contributed by atoms with van der Waals surface area (Å²) in [5.41, 5.74) is -0.0555. The van der Waals surface area contributed by atoms with Gasteiger partial charge in [-0.2, -0.15) is 0 Å². The van der Waals surface area contributed by atoms with Crippen LogP contribution < -0.4 is 0 Å². The van der Waals surface area contributed by atoms with E-state index in [1.54, 1.807) is 0 Å². The average molecular weight is 300 g/mol. The highest BCUT2D eigenvalue weighted by atomic mass is 16.6. The highest BCUT2D eigenvalue weighted by molar-refractivity contribution is 5.70. The summed E-state index contributed by atoms with van der Waals surface area (Å²) < 4.78 is 16.1. The molecule has 1 saturated carbocycles. The molecule has 4 heteroatoms. The van der Waals surface area contributed by atoms with E-state index in [1.165, 1.54) is 32.8 Å². The first-order chi connectivity index (χ1) is 9.65. The van der Waals surface area contributed by atoms with Crippen LogP contribution in [0.15, 0.2) is 0 Å². The molecule has 0 radical (unpaired) electrons. The fourth-order valence-electron chi connectivity index (χ4n) is 3.20. The standard InChI is InChI=1S/C17H32O4/c1-13(14-8-7-9-16(2,3)10-14)21-17(4,5)12-20-15(18)11-19-6/h13-14H,7-12H2,1-6H3. The lowest BCUT2D eigenvalue weighted by molar-refractivity contribution is -0.165. The smallest absolute Gasteiger partial charge is 0.332 e. The zero-order valence-electron chi connectivity index (χ0n) is 14.5. The molecule has 1 aliphatic carbocycles. The lowest BCUT2D eigenvalue weighted by atomic mass is 9.71. The van der Waals surface area contributed by atoms with E-state index in [0.717, 1.165) is 0 Å². The molecule has 0 spiro atoms. The summed E-state index contributed by atoms with van der Waals surface area (Å²) in [6, 6.07) is 0. The van der Waals surface area contributed by atoms with Crippen molar-refractivity contribution in [3.63, 3.8) is 0 Å². The van der Waals surface area contributed by atoms with Gasteiger partial charge in [-0.1, -0.05) is 20.3 Å². The van der Waals surface area contributed by atoms with Crippen molar-refractivity contribution < 1.29 is 19.0 Å². The predicted molar refractivity (Wildman–Crippen MR) is 83.2 cm³/mol. The van der Waals surface area contributed by atoms with Gasteiger partial charge in [0.2, 0.25) is 0 Å². The summed E-state index contributed by atoms with van der Waals surface area (Å²) in [5, 5.41) is 0. The van der Waals surface area contributed by atoms with Crippen molar-refractivity contribution >= 4 is 5.97 Å². The topological polar surface area (TPSA) is 44.8 Å². The quantitative estimate of drug-likeness (QED) is 0.674. The van der Waals surface area contributed by atoms with Crippen molar-refractivity contribution in [3.05, 3.63) is 0 Å². The first-order valence-corrected chi connectivity index (χ1v) is 7.98. The Morgan fingerprint density at radius 1 is 1.38 bits per heavy atom. The molecule has 1 aliphatic rings. The van der Waals surface area contributed by atoms with Crippen molar-refractivity contribution in [1.82, 2.24) is 0 Å². The van der Waals surface area contributed by atoms with E-state index in [0.29, 0.717) is 11.3 Å². The number of ether oxygens (including phenoxy) is 3. The van der Waals surface area contributed by atoms with Crippen molar-refractivity contribution in [2.45, 2.75) is 72.0 Å². The van der Waals surface area contributed by atoms with Crippen molar-refractivity contribution in [1.29, 1.82) is 0 Å². The molecule has 2 unspecified atom stereocenters. The molecule has 4 nitrogen and oxygen atoms in total. The normalized spacial score (nSPS) is 23.6. The molecule has 1 rings (SSSR count). The van der Waals surface area contributed by atoms with Crippen molar-refractivity contribution in [3.8, 4) is 0 Å². The molecule has 0 aromatic rings. The second kappa shape index (κ2) is 7.59. The Bertz CT molecular complexity index is 336. The Hall–Kier alpha value is -0.610. The first kappa shape index (κ1) is 18.4. The maximum Gasteiger partial charge on any atom is 0.332 e. The molecule has 0 N–H and O–H groups in total. The largest absolute Gasteiger partial charge is 0.461 e. The van der Waals surface area contributed by atoms with Crippen molar-refractivity contribution in [2.75, 3.05) is 20.3 Å². The van der Waals surface area contributed by atoms with E-state index < -0.39 is 5.60 Å². The zero-order chi connectivity index (χ0) is 16.1. The Kier molecular flexibility index (Phi) is 6.67. The molecule has 2 atom stereocenters. The van der Waals surface area contributed by atoms with Crippen molar-refractivity contribution in [2.24, 2.45) is 11.3 Å². The van der Waals surface area contributed by atoms with Gasteiger partial charge in [0.15, 0.2) is 0 Å². The first-order valence-electron chi connectivity index (χ1n) is 7.98. The second-order valence-corrected chi connectivity index (χ2v) is 7.70. The van der Waals surface area contributed by atoms with E-state index in [4.69, 9.17) is 14.2 Å². The van der Waals surface area contributed by atoms with Gasteiger partial charge in [0.25, 0.3) is 0 Å². The number of esters is 1. The highest BCUT2D eigenvalue weighted by Gasteiger charge is 2.34.